The van der Waals surface area contributed by atoms with Crippen molar-refractivity contribution in [2.45, 2.75) is 78.2 Å². The van der Waals surface area contributed by atoms with E-state index in [1.54, 1.807) is 0 Å². The lowest BCUT2D eigenvalue weighted by Gasteiger charge is -2.58. The van der Waals surface area contributed by atoms with Gasteiger partial charge in [-0.1, -0.05) is 24.6 Å². The van der Waals surface area contributed by atoms with E-state index in [-0.39, 0.29) is 18.1 Å². The third-order valence-corrected chi connectivity index (χ3v) is 9.00. The van der Waals surface area contributed by atoms with Crippen LogP contribution in [-0.4, -0.2) is 34.6 Å². The third-order valence-electron chi connectivity index (χ3n) is 9.00. The maximum absolute atomic E-state index is 10.6. The number of oxime groups is 1. The molecule has 0 aromatic carbocycles. The van der Waals surface area contributed by atoms with Crippen molar-refractivity contribution in [1.29, 1.82) is 0 Å². The van der Waals surface area contributed by atoms with E-state index in [0.29, 0.717) is 11.3 Å². The molecule has 0 aromatic rings. The van der Waals surface area contributed by atoms with Crippen LogP contribution in [0, 0.1) is 34.5 Å². The van der Waals surface area contributed by atoms with E-state index in [0.717, 1.165) is 42.7 Å². The highest BCUT2D eigenvalue weighted by Crippen LogP contribution is 2.66. The Balaban J connectivity index is 1.54. The van der Waals surface area contributed by atoms with Gasteiger partial charge in [0.1, 0.15) is 0 Å². The van der Waals surface area contributed by atoms with Crippen LogP contribution in [0.15, 0.2) is 16.8 Å². The molecule has 0 aliphatic heterocycles. The van der Waals surface area contributed by atoms with Gasteiger partial charge in [-0.25, -0.2) is 4.79 Å². The predicted octanol–water partition coefficient (Wildman–Crippen LogP) is 4.40. The zero-order valence-electron chi connectivity index (χ0n) is 17.5. The van der Waals surface area contributed by atoms with Crippen LogP contribution in [-0.2, 0) is 9.63 Å². The van der Waals surface area contributed by atoms with E-state index < -0.39 is 5.97 Å². The highest BCUT2D eigenvalue weighted by Gasteiger charge is 2.59. The van der Waals surface area contributed by atoms with E-state index in [2.05, 4.69) is 25.1 Å². The lowest BCUT2D eigenvalue weighted by molar-refractivity contribution is -0.142. The Hall–Kier alpha value is -1.36. The van der Waals surface area contributed by atoms with Crippen LogP contribution in [0.4, 0.5) is 0 Å². The molecular weight excluding hydrogens is 354 g/mol. The lowest BCUT2D eigenvalue weighted by atomic mass is 9.46. The normalized spacial score (nSPS) is 44.9. The molecular formula is C23H35NO4. The average molecular weight is 390 g/mol. The van der Waals surface area contributed by atoms with E-state index in [1.807, 2.05) is 6.92 Å². The molecule has 0 bridgehead atoms. The molecule has 4 unspecified atom stereocenters. The second kappa shape index (κ2) is 7.16. The molecule has 3 fully saturated rings. The highest BCUT2D eigenvalue weighted by molar-refractivity contribution is 5.96. The molecule has 2 N–H and O–H groups in total. The number of aliphatic carboxylic acids is 1. The van der Waals surface area contributed by atoms with Crippen molar-refractivity contribution in [1.82, 2.24) is 0 Å². The maximum Gasteiger partial charge on any atom is 0.344 e. The zero-order valence-corrected chi connectivity index (χ0v) is 17.5. The summed E-state index contributed by atoms with van der Waals surface area (Å²) in [6.45, 7) is 6.52. The lowest BCUT2D eigenvalue weighted by Crippen LogP contribution is -2.51. The van der Waals surface area contributed by atoms with E-state index in [4.69, 9.17) is 9.94 Å². The van der Waals surface area contributed by atoms with E-state index >= 15 is 0 Å². The second-order valence-corrected chi connectivity index (χ2v) is 10.2. The van der Waals surface area contributed by atoms with Gasteiger partial charge in [0, 0.05) is 0 Å². The Morgan fingerprint density at radius 2 is 2.00 bits per heavy atom. The first-order chi connectivity index (χ1) is 13.3. The number of aliphatic hydroxyl groups excluding tert-OH is 1. The van der Waals surface area contributed by atoms with Gasteiger partial charge in [-0.15, -0.1) is 0 Å². The van der Waals surface area contributed by atoms with Crippen molar-refractivity contribution >= 4 is 11.7 Å². The SMILES string of the molecule is C[C@H](O)C1CCC2C3CCC4=C/C(=N\OCC(=O)O)CC[C@]4(C)C3CC[C@@]21C. The van der Waals surface area contributed by atoms with Crippen LogP contribution >= 0.6 is 0 Å². The Bertz CT molecular complexity index is 699. The van der Waals surface area contributed by atoms with Gasteiger partial charge in [0.05, 0.1) is 11.8 Å². The number of rotatable bonds is 4. The molecule has 5 nitrogen and oxygen atoms in total. The first-order valence-electron chi connectivity index (χ1n) is 11.1. The molecule has 0 heterocycles. The molecule has 156 valence electrons. The summed E-state index contributed by atoms with van der Waals surface area (Å²) in [5.74, 6) is 1.71. The summed E-state index contributed by atoms with van der Waals surface area (Å²) < 4.78 is 0. The van der Waals surface area contributed by atoms with Crippen LogP contribution < -0.4 is 0 Å². The fourth-order valence-electron chi connectivity index (χ4n) is 7.65. The standard InChI is InChI=1S/C23H35NO4/c1-14(25)18-6-7-19-17-5-4-15-12-16(24-28-13-21(26)27)8-10-22(15,2)20(17)9-11-23(18,19)3/h12,14,17-20,25H,4-11,13H2,1-3H3,(H,26,27)/b24-16-/t14-,17?,18?,19?,20?,22-,23+/m0/s1. The molecule has 3 saturated carbocycles. The largest absolute Gasteiger partial charge is 0.479 e. The van der Waals surface area contributed by atoms with Crippen molar-refractivity contribution in [3.63, 3.8) is 0 Å². The highest BCUT2D eigenvalue weighted by atomic mass is 16.6. The summed E-state index contributed by atoms with van der Waals surface area (Å²) in [6.07, 6.45) is 11.3. The maximum atomic E-state index is 10.6. The average Bonchev–Trinajstić information content (AvgIpc) is 2.99. The molecule has 0 spiro atoms. The summed E-state index contributed by atoms with van der Waals surface area (Å²) in [7, 11) is 0. The summed E-state index contributed by atoms with van der Waals surface area (Å²) in [6, 6.07) is 0. The molecule has 5 heteroatoms. The topological polar surface area (TPSA) is 79.1 Å². The van der Waals surface area contributed by atoms with E-state index in [1.165, 1.54) is 37.7 Å². The molecule has 4 aliphatic carbocycles. The minimum absolute atomic E-state index is 0.194. The number of carboxylic acid groups (broad SMARTS) is 1. The van der Waals surface area contributed by atoms with Gasteiger partial charge in [0.15, 0.2) is 0 Å². The van der Waals surface area contributed by atoms with Gasteiger partial charge in [-0.05, 0) is 98.9 Å². The number of nitrogens with zero attached hydrogens (tertiary/aromatic N) is 1. The van der Waals surface area contributed by atoms with Gasteiger partial charge in [0.2, 0.25) is 6.61 Å². The number of hydrogen-bond acceptors (Lipinski definition) is 4. The van der Waals surface area contributed by atoms with Crippen molar-refractivity contribution in [3.8, 4) is 0 Å². The van der Waals surface area contributed by atoms with Crippen molar-refractivity contribution in [2.75, 3.05) is 6.61 Å². The van der Waals surface area contributed by atoms with Gasteiger partial charge < -0.3 is 15.1 Å². The van der Waals surface area contributed by atoms with Crippen molar-refractivity contribution < 1.29 is 19.8 Å². The number of aliphatic hydroxyl groups is 1. The number of hydrogen-bond donors (Lipinski definition) is 2. The number of fused-ring (bicyclic) bond motifs is 5. The minimum atomic E-state index is -0.990. The van der Waals surface area contributed by atoms with Gasteiger partial charge in [-0.3, -0.25) is 0 Å². The summed E-state index contributed by atoms with van der Waals surface area (Å²) >= 11 is 0. The Labute approximate surface area is 168 Å². The second-order valence-electron chi connectivity index (χ2n) is 10.2. The molecule has 0 saturated heterocycles. The smallest absolute Gasteiger partial charge is 0.344 e. The van der Waals surface area contributed by atoms with Crippen LogP contribution in [0.25, 0.3) is 0 Å². The predicted molar refractivity (Wildman–Crippen MR) is 108 cm³/mol. The Kier molecular flexibility index (Phi) is 5.09. The molecule has 4 aliphatic rings. The molecule has 28 heavy (non-hydrogen) atoms. The molecule has 0 aromatic heterocycles. The van der Waals surface area contributed by atoms with Gasteiger partial charge >= 0.3 is 5.97 Å². The van der Waals surface area contributed by atoms with Crippen LogP contribution in [0.1, 0.15) is 72.1 Å². The summed E-state index contributed by atoms with van der Waals surface area (Å²) in [4.78, 5) is 15.6. The van der Waals surface area contributed by atoms with E-state index in [9.17, 15) is 9.90 Å². The summed E-state index contributed by atoms with van der Waals surface area (Å²) in [5, 5.41) is 23.2. The fraction of sp³-hybridized carbons (Fsp3) is 0.826. The van der Waals surface area contributed by atoms with Crippen molar-refractivity contribution in [3.05, 3.63) is 11.6 Å². The van der Waals surface area contributed by atoms with Crippen LogP contribution in [0.3, 0.4) is 0 Å². The molecule has 0 amide bonds. The first kappa shape index (κ1) is 19.9. The minimum Gasteiger partial charge on any atom is -0.479 e. The van der Waals surface area contributed by atoms with Crippen LogP contribution in [0.2, 0.25) is 0 Å². The first-order valence-corrected chi connectivity index (χ1v) is 11.1. The third kappa shape index (κ3) is 3.10. The monoisotopic (exact) mass is 389 g/mol. The number of carboxylic acids is 1. The Morgan fingerprint density at radius 1 is 1.21 bits per heavy atom. The van der Waals surface area contributed by atoms with Crippen molar-refractivity contribution in [2.24, 2.45) is 39.7 Å². The van der Waals surface area contributed by atoms with Gasteiger partial charge in [0.25, 0.3) is 0 Å². The van der Waals surface area contributed by atoms with Crippen LogP contribution in [0.5, 0.6) is 0 Å². The fourth-order valence-corrected chi connectivity index (χ4v) is 7.65. The van der Waals surface area contributed by atoms with Gasteiger partial charge in [-0.2, -0.15) is 0 Å². The molecule has 4 rings (SSSR count). The molecule has 7 atom stereocenters. The molecule has 0 radical (unpaired) electrons. The quantitative estimate of drug-likeness (QED) is 0.698. The zero-order chi connectivity index (χ0) is 20.1. The summed E-state index contributed by atoms with van der Waals surface area (Å²) in [5.41, 5.74) is 2.92. The Morgan fingerprint density at radius 3 is 2.71 bits per heavy atom. The number of carbonyl (C=O) groups is 1. The number of allylic oxidation sites excluding steroid dienone is 2.